The van der Waals surface area contributed by atoms with Crippen LogP contribution in [0, 0.1) is 18.8 Å². The van der Waals surface area contributed by atoms with E-state index >= 15 is 0 Å². The van der Waals surface area contributed by atoms with E-state index in [2.05, 4.69) is 17.2 Å². The molecule has 126 valence electrons. The number of nitrogens with one attached hydrogen (secondary N) is 1. The molecule has 1 heterocycles. The number of thiophene rings is 1. The molecule has 0 spiro atoms. The van der Waals surface area contributed by atoms with E-state index in [4.69, 9.17) is 5.11 Å². The van der Waals surface area contributed by atoms with Crippen molar-refractivity contribution in [2.75, 3.05) is 6.61 Å². The fraction of sp³-hybridized carbons (Fsp3) is 0.150. The van der Waals surface area contributed by atoms with Crippen LogP contribution in [0.4, 0.5) is 0 Å². The molecule has 0 aliphatic heterocycles. The molecule has 0 aliphatic rings. The van der Waals surface area contributed by atoms with Gasteiger partial charge in [-0.1, -0.05) is 41.7 Å². The van der Waals surface area contributed by atoms with Crippen LogP contribution in [0.2, 0.25) is 0 Å². The molecular formula is C20H17NO3S. The van der Waals surface area contributed by atoms with Crippen molar-refractivity contribution in [1.29, 1.82) is 0 Å². The molecule has 4 nitrogen and oxygen atoms in total. The number of phenolic OH excluding ortho intramolecular Hbond substituents is 1. The summed E-state index contributed by atoms with van der Waals surface area (Å²) in [6.07, 6.45) is 0. The average molecular weight is 351 g/mol. The molecule has 0 saturated carbocycles. The zero-order valence-electron chi connectivity index (χ0n) is 13.7. The summed E-state index contributed by atoms with van der Waals surface area (Å²) in [7, 11) is 0. The van der Waals surface area contributed by atoms with Gasteiger partial charge < -0.3 is 15.5 Å². The predicted molar refractivity (Wildman–Crippen MR) is 99.8 cm³/mol. The van der Waals surface area contributed by atoms with E-state index in [1.54, 1.807) is 18.2 Å². The first-order valence-electron chi connectivity index (χ1n) is 7.77. The van der Waals surface area contributed by atoms with Crippen molar-refractivity contribution < 1.29 is 15.0 Å². The number of aliphatic hydroxyl groups is 1. The number of aliphatic hydroxyl groups excluding tert-OH is 1. The van der Waals surface area contributed by atoms with Gasteiger partial charge in [0.25, 0.3) is 5.91 Å². The van der Waals surface area contributed by atoms with E-state index in [9.17, 15) is 9.90 Å². The van der Waals surface area contributed by atoms with Gasteiger partial charge in [0.15, 0.2) is 0 Å². The van der Waals surface area contributed by atoms with Crippen LogP contribution in [0.1, 0.15) is 26.4 Å². The Balaban J connectivity index is 1.81. The number of carbonyl (C=O) groups excluding carboxylic acids is 1. The zero-order valence-corrected chi connectivity index (χ0v) is 14.5. The topological polar surface area (TPSA) is 69.6 Å². The van der Waals surface area contributed by atoms with E-state index in [0.29, 0.717) is 11.9 Å². The smallest absolute Gasteiger partial charge is 0.255 e. The quantitative estimate of drug-likeness (QED) is 0.635. The summed E-state index contributed by atoms with van der Waals surface area (Å²) in [5, 5.41) is 22.6. The predicted octanol–water partition coefficient (Wildman–Crippen LogP) is 3.19. The second-order valence-electron chi connectivity index (χ2n) is 5.61. The van der Waals surface area contributed by atoms with E-state index in [-0.39, 0.29) is 23.8 Å². The van der Waals surface area contributed by atoms with Crippen LogP contribution in [0.15, 0.2) is 42.5 Å². The summed E-state index contributed by atoms with van der Waals surface area (Å²) in [6.45, 7) is 2.19. The first-order valence-corrected chi connectivity index (χ1v) is 8.59. The molecule has 25 heavy (non-hydrogen) atoms. The maximum Gasteiger partial charge on any atom is 0.255 e. The molecule has 0 radical (unpaired) electrons. The van der Waals surface area contributed by atoms with Crippen molar-refractivity contribution in [3.8, 4) is 17.6 Å². The second-order valence-corrected chi connectivity index (χ2v) is 6.70. The lowest BCUT2D eigenvalue weighted by atomic mass is 10.1. The zero-order chi connectivity index (χ0) is 17.8. The SMILES string of the molecule is Cc1ccc(CNC(=O)c2ccc3sc(C#CCO)cc3c2O)cc1. The Kier molecular flexibility index (Phi) is 5.03. The summed E-state index contributed by atoms with van der Waals surface area (Å²) < 4.78 is 0.842. The number of aromatic hydroxyl groups is 1. The van der Waals surface area contributed by atoms with Gasteiger partial charge in [0.05, 0.1) is 10.4 Å². The minimum Gasteiger partial charge on any atom is -0.506 e. The summed E-state index contributed by atoms with van der Waals surface area (Å²) in [5.41, 5.74) is 2.39. The van der Waals surface area contributed by atoms with Crippen molar-refractivity contribution in [2.24, 2.45) is 0 Å². The van der Waals surface area contributed by atoms with Gasteiger partial charge in [0.1, 0.15) is 12.4 Å². The van der Waals surface area contributed by atoms with Gasteiger partial charge in [-0.2, -0.15) is 0 Å². The summed E-state index contributed by atoms with van der Waals surface area (Å²) in [6, 6.07) is 13.0. The largest absolute Gasteiger partial charge is 0.506 e. The lowest BCUT2D eigenvalue weighted by Gasteiger charge is -2.08. The number of phenols is 1. The summed E-state index contributed by atoms with van der Waals surface area (Å²) in [4.78, 5) is 13.1. The highest BCUT2D eigenvalue weighted by Gasteiger charge is 2.15. The number of hydrogen-bond acceptors (Lipinski definition) is 4. The first-order chi connectivity index (χ1) is 12.1. The van der Waals surface area contributed by atoms with E-state index in [0.717, 1.165) is 20.7 Å². The van der Waals surface area contributed by atoms with Crippen molar-refractivity contribution in [3.05, 3.63) is 64.0 Å². The lowest BCUT2D eigenvalue weighted by Crippen LogP contribution is -2.22. The molecule has 0 aliphatic carbocycles. The van der Waals surface area contributed by atoms with Crippen molar-refractivity contribution in [1.82, 2.24) is 5.32 Å². The van der Waals surface area contributed by atoms with Gasteiger partial charge in [-0.15, -0.1) is 11.3 Å². The van der Waals surface area contributed by atoms with E-state index in [1.807, 2.05) is 31.2 Å². The third-order valence-corrected chi connectivity index (χ3v) is 4.80. The molecule has 0 unspecified atom stereocenters. The number of hydrogen-bond donors (Lipinski definition) is 3. The van der Waals surface area contributed by atoms with Crippen LogP contribution < -0.4 is 5.32 Å². The van der Waals surface area contributed by atoms with Crippen LogP contribution in [0.25, 0.3) is 10.1 Å². The van der Waals surface area contributed by atoms with E-state index < -0.39 is 0 Å². The van der Waals surface area contributed by atoms with Gasteiger partial charge in [0.2, 0.25) is 0 Å². The first kappa shape index (κ1) is 17.0. The minimum absolute atomic E-state index is 0.0489. The highest BCUT2D eigenvalue weighted by molar-refractivity contribution is 7.19. The molecular weight excluding hydrogens is 334 g/mol. The highest BCUT2D eigenvalue weighted by Crippen LogP contribution is 2.34. The standard InChI is InChI=1S/C20H17NO3S/c1-13-4-6-14(7-5-13)12-21-20(24)16-8-9-18-17(19(16)23)11-15(25-18)3-2-10-22/h4-9,11,22-23H,10,12H2,1H3,(H,21,24). The van der Waals surface area contributed by atoms with Crippen LogP contribution in [0.5, 0.6) is 5.75 Å². The number of aryl methyl sites for hydroxylation is 1. The van der Waals surface area contributed by atoms with Crippen molar-refractivity contribution in [3.63, 3.8) is 0 Å². The number of benzene rings is 2. The fourth-order valence-electron chi connectivity index (χ4n) is 2.45. The summed E-state index contributed by atoms with van der Waals surface area (Å²) >= 11 is 1.41. The van der Waals surface area contributed by atoms with Crippen LogP contribution in [-0.4, -0.2) is 22.7 Å². The number of carbonyl (C=O) groups is 1. The lowest BCUT2D eigenvalue weighted by molar-refractivity contribution is 0.0948. The monoisotopic (exact) mass is 351 g/mol. The highest BCUT2D eigenvalue weighted by atomic mass is 32.1. The van der Waals surface area contributed by atoms with Crippen LogP contribution in [-0.2, 0) is 6.54 Å². The Bertz CT molecular complexity index is 978. The summed E-state index contributed by atoms with van der Waals surface area (Å²) in [5.74, 6) is 5.02. The minimum atomic E-state index is -0.325. The van der Waals surface area contributed by atoms with Crippen LogP contribution in [0.3, 0.4) is 0 Å². The maximum absolute atomic E-state index is 12.4. The number of amides is 1. The molecule has 2 aromatic carbocycles. The Hall–Kier alpha value is -2.81. The molecule has 3 rings (SSSR count). The van der Waals surface area contributed by atoms with E-state index in [1.165, 1.54) is 11.3 Å². The molecule has 1 amide bonds. The molecule has 5 heteroatoms. The molecule has 0 fully saturated rings. The molecule has 0 atom stereocenters. The molecule has 1 aromatic heterocycles. The Labute approximate surface area is 149 Å². The third-order valence-electron chi connectivity index (χ3n) is 3.78. The third kappa shape index (κ3) is 3.82. The second kappa shape index (κ2) is 7.39. The van der Waals surface area contributed by atoms with Gasteiger partial charge in [-0.25, -0.2) is 0 Å². The average Bonchev–Trinajstić information content (AvgIpc) is 3.03. The normalized spacial score (nSPS) is 10.3. The Morgan fingerprint density at radius 2 is 1.96 bits per heavy atom. The maximum atomic E-state index is 12.4. The Morgan fingerprint density at radius 3 is 2.68 bits per heavy atom. The number of fused-ring (bicyclic) bond motifs is 1. The molecule has 3 aromatic rings. The Morgan fingerprint density at radius 1 is 1.20 bits per heavy atom. The van der Waals surface area contributed by atoms with Gasteiger partial charge in [-0.05, 0) is 30.7 Å². The molecule has 0 saturated heterocycles. The van der Waals surface area contributed by atoms with Crippen molar-refractivity contribution in [2.45, 2.75) is 13.5 Å². The van der Waals surface area contributed by atoms with Gasteiger partial charge >= 0.3 is 0 Å². The van der Waals surface area contributed by atoms with Crippen LogP contribution >= 0.6 is 11.3 Å². The van der Waals surface area contributed by atoms with Gasteiger partial charge in [0, 0.05) is 16.6 Å². The fourth-order valence-corrected chi connectivity index (χ4v) is 3.39. The van der Waals surface area contributed by atoms with Gasteiger partial charge in [-0.3, -0.25) is 4.79 Å². The number of rotatable bonds is 3. The molecule has 3 N–H and O–H groups in total. The molecule has 0 bridgehead atoms. The van der Waals surface area contributed by atoms with Crippen molar-refractivity contribution >= 4 is 27.3 Å².